The summed E-state index contributed by atoms with van der Waals surface area (Å²) in [5, 5.41) is 2.59. The van der Waals surface area contributed by atoms with Crippen molar-refractivity contribution >= 4 is 22.9 Å². The van der Waals surface area contributed by atoms with Crippen LogP contribution in [0.25, 0.3) is 22.9 Å². The standard InChI is InChI=1S/C20H16/c1-2-4-19-13-15(7-9-17(19)3-1)5-6-16-8-10-18-11-12-20(18)14-16/h1-10,13-14H,11-12H2/b6-5+. The maximum Gasteiger partial charge on any atom is -0.0178 e. The van der Waals surface area contributed by atoms with Crippen molar-refractivity contribution in [2.24, 2.45) is 0 Å². The summed E-state index contributed by atoms with van der Waals surface area (Å²) in [6.45, 7) is 0. The molecule has 3 aromatic rings. The second kappa shape index (κ2) is 4.64. The monoisotopic (exact) mass is 256 g/mol. The van der Waals surface area contributed by atoms with Gasteiger partial charge in [-0.05, 0) is 51.9 Å². The summed E-state index contributed by atoms with van der Waals surface area (Å²) in [5.41, 5.74) is 5.60. The van der Waals surface area contributed by atoms with Crippen molar-refractivity contribution in [1.82, 2.24) is 0 Å². The first-order valence-electron chi connectivity index (χ1n) is 7.17. The maximum atomic E-state index is 2.32. The molecule has 0 N–H and O–H groups in total. The first kappa shape index (κ1) is 11.5. The van der Waals surface area contributed by atoms with E-state index in [0.717, 1.165) is 0 Å². The quantitative estimate of drug-likeness (QED) is 0.559. The van der Waals surface area contributed by atoms with Gasteiger partial charge in [0.25, 0.3) is 0 Å². The van der Waals surface area contributed by atoms with Crippen molar-refractivity contribution < 1.29 is 0 Å². The van der Waals surface area contributed by atoms with Gasteiger partial charge < -0.3 is 0 Å². The SMILES string of the molecule is C(=C\c1ccc2ccccc2c1)/c1ccc2c(c1)CC2. The molecule has 96 valence electrons. The molecule has 0 unspecified atom stereocenters. The molecule has 0 atom stereocenters. The second-order valence-corrected chi connectivity index (χ2v) is 5.47. The number of benzene rings is 3. The summed E-state index contributed by atoms with van der Waals surface area (Å²) in [6.07, 6.45) is 6.91. The minimum Gasteiger partial charge on any atom is -0.0616 e. The van der Waals surface area contributed by atoms with E-state index < -0.39 is 0 Å². The molecule has 0 amide bonds. The summed E-state index contributed by atoms with van der Waals surface area (Å²) >= 11 is 0. The van der Waals surface area contributed by atoms with Crippen molar-refractivity contribution in [3.63, 3.8) is 0 Å². The van der Waals surface area contributed by atoms with Crippen molar-refractivity contribution in [3.05, 3.63) is 82.9 Å². The van der Waals surface area contributed by atoms with Gasteiger partial charge in [-0.2, -0.15) is 0 Å². The molecule has 0 aromatic heterocycles. The minimum absolute atomic E-state index is 1.24. The highest BCUT2D eigenvalue weighted by atomic mass is 14.2. The van der Waals surface area contributed by atoms with E-state index in [9.17, 15) is 0 Å². The van der Waals surface area contributed by atoms with Gasteiger partial charge >= 0.3 is 0 Å². The lowest BCUT2D eigenvalue weighted by atomic mass is 9.87. The van der Waals surface area contributed by atoms with Crippen LogP contribution in [0.5, 0.6) is 0 Å². The molecule has 0 nitrogen and oxygen atoms in total. The maximum absolute atomic E-state index is 2.32. The van der Waals surface area contributed by atoms with E-state index in [0.29, 0.717) is 0 Å². The van der Waals surface area contributed by atoms with Gasteiger partial charge in [-0.1, -0.05) is 66.7 Å². The molecular weight excluding hydrogens is 240 g/mol. The number of aryl methyl sites for hydroxylation is 2. The molecule has 20 heavy (non-hydrogen) atoms. The van der Waals surface area contributed by atoms with Gasteiger partial charge in [-0.15, -0.1) is 0 Å². The molecule has 0 fully saturated rings. The molecule has 1 aliphatic carbocycles. The van der Waals surface area contributed by atoms with Crippen molar-refractivity contribution in [3.8, 4) is 0 Å². The zero-order valence-corrected chi connectivity index (χ0v) is 11.3. The van der Waals surface area contributed by atoms with E-state index in [-0.39, 0.29) is 0 Å². The summed E-state index contributed by atoms with van der Waals surface area (Å²) < 4.78 is 0. The Labute approximate surface area is 119 Å². The fraction of sp³-hybridized carbons (Fsp3) is 0.100. The number of hydrogen-bond donors (Lipinski definition) is 0. The van der Waals surface area contributed by atoms with Gasteiger partial charge in [0.05, 0.1) is 0 Å². The third-order valence-electron chi connectivity index (χ3n) is 4.14. The van der Waals surface area contributed by atoms with E-state index in [4.69, 9.17) is 0 Å². The number of hydrogen-bond acceptors (Lipinski definition) is 0. The predicted octanol–water partition coefficient (Wildman–Crippen LogP) is 5.11. The van der Waals surface area contributed by atoms with Crippen LogP contribution in [0.1, 0.15) is 22.3 Å². The zero-order chi connectivity index (χ0) is 13.4. The molecule has 4 rings (SSSR count). The first-order valence-corrected chi connectivity index (χ1v) is 7.17. The molecule has 0 bridgehead atoms. The van der Waals surface area contributed by atoms with E-state index in [2.05, 4.69) is 72.8 Å². The summed E-state index contributed by atoms with van der Waals surface area (Å²) in [6, 6.07) is 21.9. The molecule has 1 aliphatic rings. The van der Waals surface area contributed by atoms with Crippen LogP contribution in [0.4, 0.5) is 0 Å². The lowest BCUT2D eigenvalue weighted by Gasteiger charge is -2.18. The average molecular weight is 256 g/mol. The Balaban J connectivity index is 1.65. The summed E-state index contributed by atoms with van der Waals surface area (Å²) in [5.74, 6) is 0. The Morgan fingerprint density at radius 3 is 2.05 bits per heavy atom. The minimum atomic E-state index is 1.24. The second-order valence-electron chi connectivity index (χ2n) is 5.47. The van der Waals surface area contributed by atoms with E-state index in [1.165, 1.54) is 45.9 Å². The Bertz CT molecular complexity index is 809. The van der Waals surface area contributed by atoms with Crippen LogP contribution in [0, 0.1) is 0 Å². The topological polar surface area (TPSA) is 0 Å². The summed E-state index contributed by atoms with van der Waals surface area (Å²) in [7, 11) is 0. The lowest BCUT2D eigenvalue weighted by molar-refractivity contribution is 0.839. The van der Waals surface area contributed by atoms with Crippen LogP contribution < -0.4 is 0 Å². The predicted molar refractivity (Wildman–Crippen MR) is 86.7 cm³/mol. The van der Waals surface area contributed by atoms with Gasteiger partial charge in [0.15, 0.2) is 0 Å². The summed E-state index contributed by atoms with van der Waals surface area (Å²) in [4.78, 5) is 0. The Hall–Kier alpha value is -2.34. The first-order chi connectivity index (χ1) is 9.88. The Morgan fingerprint density at radius 2 is 1.30 bits per heavy atom. The van der Waals surface area contributed by atoms with Crippen molar-refractivity contribution in [2.45, 2.75) is 12.8 Å². The van der Waals surface area contributed by atoms with Gasteiger partial charge in [0, 0.05) is 0 Å². The third-order valence-corrected chi connectivity index (χ3v) is 4.14. The highest BCUT2D eigenvalue weighted by Gasteiger charge is 2.11. The average Bonchev–Trinajstić information content (AvgIpc) is 2.47. The fourth-order valence-corrected chi connectivity index (χ4v) is 2.82. The van der Waals surface area contributed by atoms with Crippen LogP contribution in [-0.2, 0) is 12.8 Å². The molecule has 0 spiro atoms. The molecule has 0 heteroatoms. The van der Waals surface area contributed by atoms with Crippen molar-refractivity contribution in [2.75, 3.05) is 0 Å². The van der Waals surface area contributed by atoms with Crippen LogP contribution in [0.3, 0.4) is 0 Å². The van der Waals surface area contributed by atoms with Crippen LogP contribution in [0.2, 0.25) is 0 Å². The Kier molecular flexibility index (Phi) is 2.67. The number of rotatable bonds is 2. The molecule has 0 saturated heterocycles. The molecule has 0 radical (unpaired) electrons. The van der Waals surface area contributed by atoms with Crippen LogP contribution in [-0.4, -0.2) is 0 Å². The largest absolute Gasteiger partial charge is 0.0616 e. The van der Waals surface area contributed by atoms with E-state index in [1.807, 2.05) is 0 Å². The molecule has 3 aromatic carbocycles. The van der Waals surface area contributed by atoms with Gasteiger partial charge in [0.2, 0.25) is 0 Å². The molecule has 0 heterocycles. The molecule has 0 saturated carbocycles. The zero-order valence-electron chi connectivity index (χ0n) is 11.3. The smallest absolute Gasteiger partial charge is 0.0178 e. The molecule has 0 aliphatic heterocycles. The van der Waals surface area contributed by atoms with Crippen molar-refractivity contribution in [1.29, 1.82) is 0 Å². The van der Waals surface area contributed by atoms with Gasteiger partial charge in [-0.3, -0.25) is 0 Å². The lowest BCUT2D eigenvalue weighted by Crippen LogP contribution is -2.07. The molecular formula is C20H16. The van der Waals surface area contributed by atoms with E-state index >= 15 is 0 Å². The van der Waals surface area contributed by atoms with E-state index in [1.54, 1.807) is 0 Å². The highest BCUT2D eigenvalue weighted by Crippen LogP contribution is 2.24. The Morgan fingerprint density at radius 1 is 0.600 bits per heavy atom. The highest BCUT2D eigenvalue weighted by molar-refractivity contribution is 5.86. The number of fused-ring (bicyclic) bond motifs is 2. The fourth-order valence-electron chi connectivity index (χ4n) is 2.82. The normalized spacial score (nSPS) is 13.4. The van der Waals surface area contributed by atoms with Crippen LogP contribution in [0.15, 0.2) is 60.7 Å². The van der Waals surface area contributed by atoms with Crippen LogP contribution >= 0.6 is 0 Å². The third kappa shape index (κ3) is 2.04. The van der Waals surface area contributed by atoms with Gasteiger partial charge in [0.1, 0.15) is 0 Å². The van der Waals surface area contributed by atoms with Gasteiger partial charge in [-0.25, -0.2) is 0 Å².